The molecule has 1 aromatic carbocycles. The van der Waals surface area contributed by atoms with E-state index in [2.05, 4.69) is 26.2 Å². The lowest BCUT2D eigenvalue weighted by Crippen LogP contribution is -2.45. The van der Waals surface area contributed by atoms with Crippen LogP contribution in [0.3, 0.4) is 0 Å². The molecule has 1 atom stereocenters. The van der Waals surface area contributed by atoms with Crippen molar-refractivity contribution in [1.29, 1.82) is 0 Å². The Bertz CT molecular complexity index is 547. The van der Waals surface area contributed by atoms with Crippen LogP contribution in [-0.2, 0) is 5.54 Å². The van der Waals surface area contributed by atoms with Gasteiger partial charge in [-0.15, -0.1) is 11.8 Å². The van der Waals surface area contributed by atoms with Crippen molar-refractivity contribution < 1.29 is 5.11 Å². The van der Waals surface area contributed by atoms with E-state index in [1.807, 2.05) is 49.5 Å². The van der Waals surface area contributed by atoms with Gasteiger partial charge in [0.2, 0.25) is 0 Å². The Labute approximate surface area is 132 Å². The first kappa shape index (κ1) is 15.5. The normalized spacial score (nSPS) is 13.9. The smallest absolute Gasteiger partial charge is 0.110 e. The lowest BCUT2D eigenvalue weighted by Gasteiger charge is -2.31. The minimum atomic E-state index is -0.469. The summed E-state index contributed by atoms with van der Waals surface area (Å²) in [5, 5.41) is 14.1. The molecular weight excluding hydrogens is 336 g/mol. The molecule has 1 unspecified atom stereocenters. The second-order valence-electron chi connectivity index (χ2n) is 4.44. The van der Waals surface area contributed by atoms with Crippen molar-refractivity contribution in [2.75, 3.05) is 19.4 Å². The highest BCUT2D eigenvalue weighted by Crippen LogP contribution is 2.31. The number of hydrogen-bond donors (Lipinski definition) is 2. The zero-order valence-electron chi connectivity index (χ0n) is 11.2. The first-order chi connectivity index (χ1) is 9.72. The summed E-state index contributed by atoms with van der Waals surface area (Å²) in [6.07, 6.45) is 1.77. The largest absolute Gasteiger partial charge is 0.394 e. The van der Waals surface area contributed by atoms with Crippen molar-refractivity contribution in [3.63, 3.8) is 0 Å². The SMILES string of the molecule is CNC(CO)(CSc1ncccc1Br)c1ccccc1. The Morgan fingerprint density at radius 2 is 2.00 bits per heavy atom. The fourth-order valence-electron chi connectivity index (χ4n) is 1.94. The van der Waals surface area contributed by atoms with Crippen molar-refractivity contribution >= 4 is 27.7 Å². The Kier molecular flexibility index (Phi) is 5.60. The van der Waals surface area contributed by atoms with Crippen LogP contribution in [0.2, 0.25) is 0 Å². The van der Waals surface area contributed by atoms with E-state index in [4.69, 9.17) is 0 Å². The number of likely N-dealkylation sites (N-methyl/N-ethyl adjacent to an activating group) is 1. The lowest BCUT2D eigenvalue weighted by atomic mass is 9.93. The zero-order valence-corrected chi connectivity index (χ0v) is 13.6. The maximum absolute atomic E-state index is 9.87. The Balaban J connectivity index is 2.20. The molecule has 1 heterocycles. The summed E-state index contributed by atoms with van der Waals surface area (Å²) in [5.41, 5.74) is 0.604. The summed E-state index contributed by atoms with van der Waals surface area (Å²) >= 11 is 5.12. The number of pyridine rings is 1. The molecule has 106 valence electrons. The quantitative estimate of drug-likeness (QED) is 0.784. The molecule has 0 saturated carbocycles. The van der Waals surface area contributed by atoms with Gasteiger partial charge in [0.05, 0.1) is 12.1 Å². The molecule has 0 fully saturated rings. The van der Waals surface area contributed by atoms with Crippen LogP contribution in [0, 0.1) is 0 Å². The monoisotopic (exact) mass is 352 g/mol. The van der Waals surface area contributed by atoms with Crippen LogP contribution in [-0.4, -0.2) is 29.5 Å². The van der Waals surface area contributed by atoms with E-state index in [1.165, 1.54) is 0 Å². The molecular formula is C15H17BrN2OS. The maximum atomic E-state index is 9.87. The van der Waals surface area contributed by atoms with E-state index in [-0.39, 0.29) is 6.61 Å². The predicted molar refractivity (Wildman–Crippen MR) is 86.9 cm³/mol. The first-order valence-corrected chi connectivity index (χ1v) is 8.08. The van der Waals surface area contributed by atoms with Gasteiger partial charge in [0, 0.05) is 16.4 Å². The minimum Gasteiger partial charge on any atom is -0.394 e. The molecule has 0 bridgehead atoms. The van der Waals surface area contributed by atoms with E-state index in [9.17, 15) is 5.11 Å². The van der Waals surface area contributed by atoms with Crippen LogP contribution in [0.25, 0.3) is 0 Å². The molecule has 1 aromatic heterocycles. The van der Waals surface area contributed by atoms with Crippen LogP contribution in [0.4, 0.5) is 0 Å². The van der Waals surface area contributed by atoms with Crippen molar-refractivity contribution in [3.8, 4) is 0 Å². The molecule has 0 aliphatic rings. The number of aliphatic hydroxyl groups is 1. The van der Waals surface area contributed by atoms with Gasteiger partial charge in [0.1, 0.15) is 5.03 Å². The van der Waals surface area contributed by atoms with Gasteiger partial charge in [-0.25, -0.2) is 4.98 Å². The maximum Gasteiger partial charge on any atom is 0.110 e. The highest BCUT2D eigenvalue weighted by molar-refractivity contribution is 9.10. The van der Waals surface area contributed by atoms with E-state index < -0.39 is 5.54 Å². The standard InChI is InChI=1S/C15H17BrN2OS/c1-17-15(10-19,12-6-3-2-4-7-12)11-20-14-13(16)8-5-9-18-14/h2-9,17,19H,10-11H2,1H3. The number of aliphatic hydroxyl groups excluding tert-OH is 1. The third-order valence-electron chi connectivity index (χ3n) is 3.25. The minimum absolute atomic E-state index is 0.0327. The molecule has 20 heavy (non-hydrogen) atoms. The molecule has 2 rings (SSSR count). The van der Waals surface area contributed by atoms with Crippen molar-refractivity contribution in [1.82, 2.24) is 10.3 Å². The molecule has 5 heteroatoms. The van der Waals surface area contributed by atoms with Crippen molar-refractivity contribution in [2.45, 2.75) is 10.6 Å². The molecule has 3 nitrogen and oxygen atoms in total. The van der Waals surface area contributed by atoms with Crippen LogP contribution >= 0.6 is 27.7 Å². The van der Waals surface area contributed by atoms with Gasteiger partial charge in [-0.1, -0.05) is 30.3 Å². The van der Waals surface area contributed by atoms with E-state index >= 15 is 0 Å². The van der Waals surface area contributed by atoms with E-state index in [1.54, 1.807) is 18.0 Å². The molecule has 0 aliphatic heterocycles. The predicted octanol–water partition coefficient (Wildman–Crippen LogP) is 3.04. The van der Waals surface area contributed by atoms with Crippen LogP contribution < -0.4 is 5.32 Å². The molecule has 2 N–H and O–H groups in total. The summed E-state index contributed by atoms with van der Waals surface area (Å²) in [6.45, 7) is 0.0327. The fraction of sp³-hybridized carbons (Fsp3) is 0.267. The number of hydrogen-bond acceptors (Lipinski definition) is 4. The Morgan fingerprint density at radius 1 is 1.25 bits per heavy atom. The van der Waals surface area contributed by atoms with Gasteiger partial charge in [0.15, 0.2) is 0 Å². The van der Waals surface area contributed by atoms with Crippen LogP contribution in [0.1, 0.15) is 5.56 Å². The van der Waals surface area contributed by atoms with Crippen molar-refractivity contribution in [3.05, 3.63) is 58.7 Å². The molecule has 0 spiro atoms. The zero-order chi connectivity index (χ0) is 14.4. The number of benzene rings is 1. The van der Waals surface area contributed by atoms with Gasteiger partial charge < -0.3 is 10.4 Å². The second kappa shape index (κ2) is 7.22. The number of aromatic nitrogens is 1. The summed E-state index contributed by atoms with van der Waals surface area (Å²) < 4.78 is 0.973. The number of nitrogens with one attached hydrogen (secondary N) is 1. The summed E-state index contributed by atoms with van der Waals surface area (Å²) in [7, 11) is 1.87. The van der Waals surface area contributed by atoms with Gasteiger partial charge in [-0.3, -0.25) is 0 Å². The van der Waals surface area contributed by atoms with Gasteiger partial charge in [-0.05, 0) is 40.7 Å². The molecule has 0 amide bonds. The van der Waals surface area contributed by atoms with Gasteiger partial charge in [-0.2, -0.15) is 0 Å². The summed E-state index contributed by atoms with van der Waals surface area (Å²) in [5.74, 6) is 0.694. The number of halogens is 1. The Morgan fingerprint density at radius 3 is 2.60 bits per heavy atom. The molecule has 2 aromatic rings. The highest BCUT2D eigenvalue weighted by Gasteiger charge is 2.30. The van der Waals surface area contributed by atoms with E-state index in [0.29, 0.717) is 5.75 Å². The molecule has 0 radical (unpaired) electrons. The third-order valence-corrected chi connectivity index (χ3v) is 5.39. The van der Waals surface area contributed by atoms with Gasteiger partial charge in [0.25, 0.3) is 0 Å². The van der Waals surface area contributed by atoms with Gasteiger partial charge >= 0.3 is 0 Å². The average molecular weight is 353 g/mol. The summed E-state index contributed by atoms with van der Waals surface area (Å²) in [6, 6.07) is 13.9. The topological polar surface area (TPSA) is 45.1 Å². The third kappa shape index (κ3) is 3.41. The highest BCUT2D eigenvalue weighted by atomic mass is 79.9. The van der Waals surface area contributed by atoms with Crippen LogP contribution in [0.15, 0.2) is 58.2 Å². The Hall–Kier alpha value is -0.880. The summed E-state index contributed by atoms with van der Waals surface area (Å²) in [4.78, 5) is 4.35. The lowest BCUT2D eigenvalue weighted by molar-refractivity contribution is 0.187. The van der Waals surface area contributed by atoms with Crippen LogP contribution in [0.5, 0.6) is 0 Å². The number of thioether (sulfide) groups is 1. The molecule has 0 saturated heterocycles. The molecule has 0 aliphatic carbocycles. The average Bonchev–Trinajstić information content (AvgIpc) is 2.51. The second-order valence-corrected chi connectivity index (χ2v) is 6.25. The van der Waals surface area contributed by atoms with E-state index in [0.717, 1.165) is 15.1 Å². The first-order valence-electron chi connectivity index (χ1n) is 6.30. The van der Waals surface area contributed by atoms with Crippen molar-refractivity contribution in [2.24, 2.45) is 0 Å². The number of nitrogens with zero attached hydrogens (tertiary/aromatic N) is 1. The fourth-order valence-corrected chi connectivity index (χ4v) is 3.67. The number of rotatable bonds is 6.